The molecule has 3 rings (SSSR count). The normalized spacial score (nSPS) is 11.2. The van der Waals surface area contributed by atoms with E-state index in [9.17, 15) is 0 Å². The lowest BCUT2D eigenvalue weighted by atomic mass is 10.0. The summed E-state index contributed by atoms with van der Waals surface area (Å²) in [6.07, 6.45) is 0. The number of fused-ring (bicyclic) bond motifs is 1. The summed E-state index contributed by atoms with van der Waals surface area (Å²) in [5.74, 6) is 1.02. The molecule has 0 fully saturated rings. The summed E-state index contributed by atoms with van der Waals surface area (Å²) < 4.78 is 0. The van der Waals surface area contributed by atoms with Crippen LogP contribution < -0.4 is 0 Å². The van der Waals surface area contributed by atoms with Crippen LogP contribution >= 0.6 is 11.6 Å². The Labute approximate surface area is 123 Å². The minimum Gasteiger partial charge on any atom is -0.233 e. The minimum absolute atomic E-state index is 0.323. The number of nitrogens with zero attached hydrogens (tertiary/aromatic N) is 2. The molecular weight excluding hydrogens is 268 g/mol. The molecule has 0 aliphatic carbocycles. The molecule has 0 aliphatic rings. The van der Waals surface area contributed by atoms with Gasteiger partial charge in [0.05, 0.1) is 0 Å². The average molecular weight is 283 g/mol. The van der Waals surface area contributed by atoms with Crippen LogP contribution in [0.5, 0.6) is 0 Å². The van der Waals surface area contributed by atoms with Crippen LogP contribution in [-0.2, 0) is 0 Å². The molecule has 0 spiro atoms. The van der Waals surface area contributed by atoms with Crippen molar-refractivity contribution in [3.8, 4) is 11.4 Å². The number of aromatic nitrogens is 2. The van der Waals surface area contributed by atoms with E-state index in [-0.39, 0.29) is 0 Å². The van der Waals surface area contributed by atoms with E-state index in [4.69, 9.17) is 11.6 Å². The minimum atomic E-state index is 0.323. The average Bonchev–Trinajstić information content (AvgIpc) is 2.46. The van der Waals surface area contributed by atoms with Crippen molar-refractivity contribution in [1.82, 2.24) is 9.97 Å². The Bertz CT molecular complexity index is 761. The third-order valence-corrected chi connectivity index (χ3v) is 3.53. The maximum Gasteiger partial charge on any atom is 0.161 e. The van der Waals surface area contributed by atoms with E-state index in [0.29, 0.717) is 16.9 Å². The number of rotatable bonds is 2. The van der Waals surface area contributed by atoms with Gasteiger partial charge in [-0.05, 0) is 22.8 Å². The summed E-state index contributed by atoms with van der Waals surface area (Å²) >= 11 is 6.14. The fourth-order valence-corrected chi connectivity index (χ4v) is 2.46. The van der Waals surface area contributed by atoms with Gasteiger partial charge in [-0.15, -0.1) is 0 Å². The van der Waals surface area contributed by atoms with Gasteiger partial charge in [0.2, 0.25) is 0 Å². The molecule has 0 amide bonds. The van der Waals surface area contributed by atoms with Gasteiger partial charge in [-0.25, -0.2) is 9.97 Å². The lowest BCUT2D eigenvalue weighted by Crippen LogP contribution is -1.98. The molecule has 0 bridgehead atoms. The zero-order chi connectivity index (χ0) is 14.1. The Kier molecular flexibility index (Phi) is 3.41. The second-order valence-electron chi connectivity index (χ2n) is 5.12. The monoisotopic (exact) mass is 282 g/mol. The first-order chi connectivity index (χ1) is 9.65. The molecule has 0 radical (unpaired) electrons. The topological polar surface area (TPSA) is 25.8 Å². The molecule has 0 atom stereocenters. The summed E-state index contributed by atoms with van der Waals surface area (Å²) in [4.78, 5) is 9.05. The molecule has 3 heteroatoms. The van der Waals surface area contributed by atoms with Crippen molar-refractivity contribution in [1.29, 1.82) is 0 Å². The fraction of sp³-hybridized carbons (Fsp3) is 0.176. The molecule has 3 aromatic rings. The van der Waals surface area contributed by atoms with Gasteiger partial charge in [-0.3, -0.25) is 0 Å². The van der Waals surface area contributed by atoms with Crippen molar-refractivity contribution in [3.05, 3.63) is 59.4 Å². The van der Waals surface area contributed by atoms with E-state index in [0.717, 1.165) is 16.6 Å². The molecule has 1 heterocycles. The third kappa shape index (κ3) is 2.39. The van der Waals surface area contributed by atoms with E-state index in [1.807, 2.05) is 30.3 Å². The largest absolute Gasteiger partial charge is 0.233 e. The van der Waals surface area contributed by atoms with Gasteiger partial charge in [0.1, 0.15) is 5.15 Å². The van der Waals surface area contributed by atoms with Gasteiger partial charge in [-0.2, -0.15) is 0 Å². The van der Waals surface area contributed by atoms with Gasteiger partial charge in [-0.1, -0.05) is 67.9 Å². The SMILES string of the molecule is CC(C)c1cc(Cl)nc(-c2cccc3ccccc23)n1. The smallest absolute Gasteiger partial charge is 0.161 e. The highest BCUT2D eigenvalue weighted by molar-refractivity contribution is 6.29. The molecule has 0 unspecified atom stereocenters. The van der Waals surface area contributed by atoms with Gasteiger partial charge in [0.15, 0.2) is 5.82 Å². The Balaban J connectivity index is 2.25. The molecule has 0 saturated heterocycles. The zero-order valence-electron chi connectivity index (χ0n) is 11.5. The Morgan fingerprint density at radius 2 is 1.70 bits per heavy atom. The predicted octanol–water partition coefficient (Wildman–Crippen LogP) is 5.07. The van der Waals surface area contributed by atoms with Crippen molar-refractivity contribution in [2.75, 3.05) is 0 Å². The van der Waals surface area contributed by atoms with Crippen LogP contribution in [0.2, 0.25) is 5.15 Å². The number of halogens is 1. The van der Waals surface area contributed by atoms with Gasteiger partial charge < -0.3 is 0 Å². The van der Waals surface area contributed by atoms with Crippen LogP contribution in [0, 0.1) is 0 Å². The van der Waals surface area contributed by atoms with Gasteiger partial charge in [0.25, 0.3) is 0 Å². The van der Waals surface area contributed by atoms with Gasteiger partial charge >= 0.3 is 0 Å². The molecule has 0 aliphatic heterocycles. The standard InChI is InChI=1S/C17H15ClN2/c1-11(2)15-10-16(18)20-17(19-15)14-9-5-7-12-6-3-4-8-13(12)14/h3-11H,1-2H3. The molecule has 2 aromatic carbocycles. The summed E-state index contributed by atoms with van der Waals surface area (Å²) in [7, 11) is 0. The van der Waals surface area contributed by atoms with Crippen molar-refractivity contribution in [2.45, 2.75) is 19.8 Å². The van der Waals surface area contributed by atoms with E-state index in [2.05, 4.69) is 42.0 Å². The fourth-order valence-electron chi connectivity index (χ4n) is 2.27. The molecule has 1 aromatic heterocycles. The second kappa shape index (κ2) is 5.22. The number of hydrogen-bond donors (Lipinski definition) is 0. The van der Waals surface area contributed by atoms with E-state index in [1.54, 1.807) is 0 Å². The van der Waals surface area contributed by atoms with Crippen LogP contribution in [-0.4, -0.2) is 9.97 Å². The highest BCUT2D eigenvalue weighted by Crippen LogP contribution is 2.28. The van der Waals surface area contributed by atoms with Gasteiger partial charge in [0, 0.05) is 11.3 Å². The first-order valence-electron chi connectivity index (χ1n) is 6.68. The number of benzene rings is 2. The molecule has 0 N–H and O–H groups in total. The summed E-state index contributed by atoms with van der Waals surface area (Å²) in [6, 6.07) is 16.2. The third-order valence-electron chi connectivity index (χ3n) is 3.34. The van der Waals surface area contributed by atoms with E-state index >= 15 is 0 Å². The van der Waals surface area contributed by atoms with E-state index < -0.39 is 0 Å². The zero-order valence-corrected chi connectivity index (χ0v) is 12.2. The molecule has 0 saturated carbocycles. The van der Waals surface area contributed by atoms with E-state index in [1.165, 1.54) is 5.39 Å². The van der Waals surface area contributed by atoms with Crippen LogP contribution in [0.25, 0.3) is 22.2 Å². The van der Waals surface area contributed by atoms with Crippen LogP contribution in [0.4, 0.5) is 0 Å². The summed E-state index contributed by atoms with van der Waals surface area (Å²) in [6.45, 7) is 4.21. The van der Waals surface area contributed by atoms with Crippen molar-refractivity contribution in [3.63, 3.8) is 0 Å². The lowest BCUT2D eigenvalue weighted by Gasteiger charge is -2.09. The first-order valence-corrected chi connectivity index (χ1v) is 7.05. The van der Waals surface area contributed by atoms with Crippen LogP contribution in [0.15, 0.2) is 48.5 Å². The number of hydrogen-bond acceptors (Lipinski definition) is 2. The van der Waals surface area contributed by atoms with Crippen molar-refractivity contribution in [2.24, 2.45) is 0 Å². The quantitative estimate of drug-likeness (QED) is 0.613. The summed E-state index contributed by atoms with van der Waals surface area (Å²) in [5.41, 5.74) is 1.99. The Morgan fingerprint density at radius 1 is 0.950 bits per heavy atom. The lowest BCUT2D eigenvalue weighted by molar-refractivity contribution is 0.817. The van der Waals surface area contributed by atoms with Crippen molar-refractivity contribution >= 4 is 22.4 Å². The van der Waals surface area contributed by atoms with Crippen LogP contribution in [0.1, 0.15) is 25.5 Å². The molecular formula is C17H15ClN2. The highest BCUT2D eigenvalue weighted by atomic mass is 35.5. The second-order valence-corrected chi connectivity index (χ2v) is 5.51. The molecule has 100 valence electrons. The Morgan fingerprint density at radius 3 is 2.50 bits per heavy atom. The molecule has 2 nitrogen and oxygen atoms in total. The Hall–Kier alpha value is -1.93. The maximum atomic E-state index is 6.14. The summed E-state index contributed by atoms with van der Waals surface area (Å²) in [5, 5.41) is 2.82. The maximum absolute atomic E-state index is 6.14. The predicted molar refractivity (Wildman–Crippen MR) is 84.1 cm³/mol. The highest BCUT2D eigenvalue weighted by Gasteiger charge is 2.10. The van der Waals surface area contributed by atoms with Crippen LogP contribution in [0.3, 0.4) is 0 Å². The molecule has 20 heavy (non-hydrogen) atoms. The van der Waals surface area contributed by atoms with Crippen molar-refractivity contribution < 1.29 is 0 Å². The first kappa shape index (κ1) is 13.1.